The SMILES string of the molecule is c1ccc(-c2ccc(N(c3ccc(-c4ccc5c(c4)oc4c6ccccc6c(-c6ccccc6)cc54)cc3)c3ccccc3-c3ccccc3)cc2)cc1. The Balaban J connectivity index is 1.06. The molecular weight excluding hydrogens is 655 g/mol. The molecule has 54 heavy (non-hydrogen) atoms. The van der Waals surface area contributed by atoms with Gasteiger partial charge in [-0.1, -0.05) is 164 Å². The van der Waals surface area contributed by atoms with Gasteiger partial charge >= 0.3 is 0 Å². The number of hydrogen-bond donors (Lipinski definition) is 0. The van der Waals surface area contributed by atoms with Crippen molar-refractivity contribution in [2.45, 2.75) is 0 Å². The van der Waals surface area contributed by atoms with Crippen LogP contribution in [0.1, 0.15) is 0 Å². The second-order valence-electron chi connectivity index (χ2n) is 13.7. The number of fused-ring (bicyclic) bond motifs is 5. The number of para-hydroxylation sites is 1. The Morgan fingerprint density at radius 1 is 0.296 bits per heavy atom. The van der Waals surface area contributed by atoms with Crippen molar-refractivity contribution in [3.05, 3.63) is 212 Å². The fraction of sp³-hybridized carbons (Fsp3) is 0. The van der Waals surface area contributed by atoms with Crippen LogP contribution in [0.15, 0.2) is 217 Å². The first-order valence-electron chi connectivity index (χ1n) is 18.4. The minimum absolute atomic E-state index is 0.888. The van der Waals surface area contributed by atoms with Crippen LogP contribution in [-0.4, -0.2) is 0 Å². The summed E-state index contributed by atoms with van der Waals surface area (Å²) in [5.74, 6) is 0. The summed E-state index contributed by atoms with van der Waals surface area (Å²) in [7, 11) is 0. The van der Waals surface area contributed by atoms with Crippen LogP contribution >= 0.6 is 0 Å². The molecule has 2 heteroatoms. The van der Waals surface area contributed by atoms with E-state index in [1.165, 1.54) is 38.8 Å². The minimum Gasteiger partial charge on any atom is -0.455 e. The molecule has 0 aliphatic rings. The molecule has 0 radical (unpaired) electrons. The molecule has 0 saturated carbocycles. The quantitative estimate of drug-likeness (QED) is 0.166. The molecule has 2 nitrogen and oxygen atoms in total. The third kappa shape index (κ3) is 5.62. The number of rotatable bonds is 7. The topological polar surface area (TPSA) is 16.4 Å². The zero-order chi connectivity index (χ0) is 35.8. The average Bonchev–Trinajstić information content (AvgIpc) is 3.63. The third-order valence-electron chi connectivity index (χ3n) is 10.5. The van der Waals surface area contributed by atoms with Crippen molar-refractivity contribution in [3.8, 4) is 44.5 Å². The molecule has 0 spiro atoms. The summed E-state index contributed by atoms with van der Waals surface area (Å²) < 4.78 is 6.68. The van der Waals surface area contributed by atoms with Gasteiger partial charge in [-0.15, -0.1) is 0 Å². The van der Waals surface area contributed by atoms with Crippen molar-refractivity contribution >= 4 is 49.8 Å². The highest BCUT2D eigenvalue weighted by molar-refractivity contribution is 6.19. The van der Waals surface area contributed by atoms with Crippen LogP contribution < -0.4 is 4.90 Å². The maximum atomic E-state index is 6.68. The van der Waals surface area contributed by atoms with Crippen molar-refractivity contribution in [1.29, 1.82) is 0 Å². The molecule has 1 aromatic heterocycles. The van der Waals surface area contributed by atoms with Gasteiger partial charge in [-0.25, -0.2) is 0 Å². The summed E-state index contributed by atoms with van der Waals surface area (Å²) in [5.41, 5.74) is 14.5. The van der Waals surface area contributed by atoms with E-state index in [9.17, 15) is 0 Å². The first-order valence-corrected chi connectivity index (χ1v) is 18.4. The number of furan rings is 1. The van der Waals surface area contributed by atoms with E-state index in [-0.39, 0.29) is 0 Å². The van der Waals surface area contributed by atoms with Gasteiger partial charge in [0.2, 0.25) is 0 Å². The Labute approximate surface area is 314 Å². The lowest BCUT2D eigenvalue weighted by atomic mass is 9.95. The molecule has 0 atom stereocenters. The molecule has 1 heterocycles. The largest absolute Gasteiger partial charge is 0.455 e. The van der Waals surface area contributed by atoms with E-state index in [0.717, 1.165) is 55.5 Å². The van der Waals surface area contributed by atoms with Crippen LogP contribution in [-0.2, 0) is 0 Å². The molecule has 0 fully saturated rings. The lowest BCUT2D eigenvalue weighted by Crippen LogP contribution is -2.11. The standard InChI is InChI=1S/C52H35NO/c1-4-14-36(15-5-1)37-24-29-42(30-25-37)53(50-23-13-12-20-44(50)39-16-6-2-7-17-39)43-31-26-38(27-32-43)41-28-33-46-49-35-48(40-18-8-3-9-19-40)45-21-10-11-22-47(45)52(49)54-51(46)34-41/h1-35H. The first kappa shape index (κ1) is 31.6. The number of nitrogens with zero attached hydrogens (tertiary/aromatic N) is 1. The van der Waals surface area contributed by atoms with Gasteiger partial charge in [0, 0.05) is 33.1 Å². The fourth-order valence-electron chi connectivity index (χ4n) is 7.83. The predicted octanol–water partition coefficient (Wildman–Crippen LogP) is 14.9. The molecule has 0 saturated heterocycles. The summed E-state index contributed by atoms with van der Waals surface area (Å²) in [4.78, 5) is 2.36. The Bertz CT molecular complexity index is 2890. The Kier molecular flexibility index (Phi) is 7.85. The van der Waals surface area contributed by atoms with Gasteiger partial charge < -0.3 is 9.32 Å². The maximum absolute atomic E-state index is 6.68. The summed E-state index contributed by atoms with van der Waals surface area (Å²) in [6.45, 7) is 0. The van der Waals surface area contributed by atoms with E-state index in [2.05, 4.69) is 217 Å². The normalized spacial score (nSPS) is 11.3. The van der Waals surface area contributed by atoms with Crippen molar-refractivity contribution in [3.63, 3.8) is 0 Å². The van der Waals surface area contributed by atoms with Crippen LogP contribution in [0.4, 0.5) is 17.1 Å². The van der Waals surface area contributed by atoms with Gasteiger partial charge in [0.25, 0.3) is 0 Å². The van der Waals surface area contributed by atoms with E-state index in [1.54, 1.807) is 0 Å². The summed E-state index contributed by atoms with van der Waals surface area (Å²) in [5, 5.41) is 4.58. The second-order valence-corrected chi connectivity index (χ2v) is 13.7. The van der Waals surface area contributed by atoms with Gasteiger partial charge in [-0.2, -0.15) is 0 Å². The summed E-state index contributed by atoms with van der Waals surface area (Å²) >= 11 is 0. The van der Waals surface area contributed by atoms with Gasteiger partial charge in [-0.05, 0) is 92.9 Å². The number of benzene rings is 9. The van der Waals surface area contributed by atoms with Gasteiger partial charge in [0.05, 0.1) is 5.69 Å². The predicted molar refractivity (Wildman–Crippen MR) is 228 cm³/mol. The highest BCUT2D eigenvalue weighted by Crippen LogP contribution is 2.43. The highest BCUT2D eigenvalue weighted by Gasteiger charge is 2.19. The van der Waals surface area contributed by atoms with Crippen molar-refractivity contribution in [2.75, 3.05) is 4.90 Å². The van der Waals surface area contributed by atoms with E-state index in [1.807, 2.05) is 0 Å². The van der Waals surface area contributed by atoms with Gasteiger partial charge in [-0.3, -0.25) is 0 Å². The first-order chi connectivity index (χ1) is 26.8. The van der Waals surface area contributed by atoms with Crippen LogP contribution in [0.5, 0.6) is 0 Å². The minimum atomic E-state index is 0.888. The Hall–Kier alpha value is -7.16. The Morgan fingerprint density at radius 3 is 1.43 bits per heavy atom. The molecular formula is C52H35NO. The van der Waals surface area contributed by atoms with Gasteiger partial charge in [0.1, 0.15) is 11.2 Å². The molecule has 10 rings (SSSR count). The third-order valence-corrected chi connectivity index (χ3v) is 10.5. The van der Waals surface area contributed by atoms with Crippen molar-refractivity contribution in [1.82, 2.24) is 0 Å². The van der Waals surface area contributed by atoms with E-state index in [4.69, 9.17) is 4.42 Å². The lowest BCUT2D eigenvalue weighted by molar-refractivity contribution is 0.673. The van der Waals surface area contributed by atoms with Crippen LogP contribution in [0, 0.1) is 0 Å². The van der Waals surface area contributed by atoms with Gasteiger partial charge in [0.15, 0.2) is 0 Å². The van der Waals surface area contributed by atoms with Crippen molar-refractivity contribution < 1.29 is 4.42 Å². The van der Waals surface area contributed by atoms with E-state index < -0.39 is 0 Å². The molecule has 0 amide bonds. The van der Waals surface area contributed by atoms with Crippen molar-refractivity contribution in [2.24, 2.45) is 0 Å². The molecule has 0 N–H and O–H groups in total. The second kappa shape index (κ2) is 13.4. The molecule has 254 valence electrons. The van der Waals surface area contributed by atoms with E-state index in [0.29, 0.717) is 0 Å². The monoisotopic (exact) mass is 689 g/mol. The molecule has 9 aromatic carbocycles. The summed E-state index contributed by atoms with van der Waals surface area (Å²) in [6.07, 6.45) is 0. The maximum Gasteiger partial charge on any atom is 0.143 e. The molecule has 0 bridgehead atoms. The van der Waals surface area contributed by atoms with Crippen LogP contribution in [0.3, 0.4) is 0 Å². The Morgan fingerprint density at radius 2 is 0.778 bits per heavy atom. The number of hydrogen-bond acceptors (Lipinski definition) is 2. The molecule has 0 aliphatic heterocycles. The molecule has 0 unspecified atom stereocenters. The number of anilines is 3. The zero-order valence-corrected chi connectivity index (χ0v) is 29.6. The lowest BCUT2D eigenvalue weighted by Gasteiger charge is -2.28. The van der Waals surface area contributed by atoms with E-state index >= 15 is 0 Å². The van der Waals surface area contributed by atoms with Crippen LogP contribution in [0.25, 0.3) is 77.2 Å². The average molecular weight is 690 g/mol. The fourth-order valence-corrected chi connectivity index (χ4v) is 7.83. The zero-order valence-electron chi connectivity index (χ0n) is 29.6. The highest BCUT2D eigenvalue weighted by atomic mass is 16.3. The smallest absolute Gasteiger partial charge is 0.143 e. The van der Waals surface area contributed by atoms with Crippen LogP contribution in [0.2, 0.25) is 0 Å². The molecule has 0 aliphatic carbocycles. The molecule has 10 aromatic rings. The summed E-state index contributed by atoms with van der Waals surface area (Å²) in [6, 6.07) is 75.7.